The summed E-state index contributed by atoms with van der Waals surface area (Å²) >= 11 is 0. The van der Waals surface area contributed by atoms with Crippen LogP contribution in [0.5, 0.6) is 0 Å². The molecule has 0 radical (unpaired) electrons. The summed E-state index contributed by atoms with van der Waals surface area (Å²) in [5.41, 5.74) is 1.74. The summed E-state index contributed by atoms with van der Waals surface area (Å²) < 4.78 is 159. The molecule has 4 aromatic carbocycles. The third kappa shape index (κ3) is 12.1. The Morgan fingerprint density at radius 2 is 1.17 bits per heavy atom. The summed E-state index contributed by atoms with van der Waals surface area (Å²) in [4.78, 5) is 22.7. The normalized spacial score (nSPS) is 12.0. The molecule has 22 heteroatoms. The van der Waals surface area contributed by atoms with Gasteiger partial charge in [0.15, 0.2) is 5.78 Å². The molecule has 0 saturated carbocycles. The number of rotatable bonds is 12. The zero-order valence-corrected chi connectivity index (χ0v) is 32.8. The lowest BCUT2D eigenvalue weighted by molar-refractivity contribution is -0.173. The van der Waals surface area contributed by atoms with E-state index in [1.54, 1.807) is 62.4 Å². The van der Waals surface area contributed by atoms with Crippen LogP contribution in [0.4, 0.5) is 46.5 Å². The van der Waals surface area contributed by atoms with Gasteiger partial charge in [0, 0.05) is 22.3 Å². The number of carbonyl (C=O) groups is 2. The minimum absolute atomic E-state index is 0.0259. The number of alkyl halides is 6. The van der Waals surface area contributed by atoms with Crippen molar-refractivity contribution in [2.75, 3.05) is 27.7 Å². The van der Waals surface area contributed by atoms with Gasteiger partial charge in [0.2, 0.25) is 25.9 Å². The number of halogens is 8. The molecule has 12 nitrogen and oxygen atoms in total. The van der Waals surface area contributed by atoms with Crippen molar-refractivity contribution in [1.29, 1.82) is 0 Å². The molecule has 5 rings (SSSR count). The first-order valence-corrected chi connectivity index (χ1v) is 20.4. The van der Waals surface area contributed by atoms with Crippen molar-refractivity contribution in [2.24, 2.45) is 0 Å². The van der Waals surface area contributed by atoms with E-state index in [0.717, 1.165) is 39.3 Å². The van der Waals surface area contributed by atoms with E-state index in [1.165, 1.54) is 23.5 Å². The topological polar surface area (TPSA) is 160 Å². The molecule has 0 aliphatic rings. The maximum Gasteiger partial charge on any atom is 0.471 e. The van der Waals surface area contributed by atoms with Gasteiger partial charge in [0.05, 0.1) is 43.5 Å². The van der Waals surface area contributed by atoms with Gasteiger partial charge in [0.25, 0.3) is 0 Å². The predicted molar refractivity (Wildman–Crippen MR) is 199 cm³/mol. The number of nitrogens with one attached hydrogen (secondary N) is 1. The van der Waals surface area contributed by atoms with Crippen LogP contribution in [0.2, 0.25) is 0 Å². The van der Waals surface area contributed by atoms with Crippen molar-refractivity contribution in [3.8, 4) is 11.5 Å². The zero-order valence-electron chi connectivity index (χ0n) is 31.2. The standard InChI is InChI=1S/C19H18F4N2O4S.C18H15F4N3O3S/c1-12-5-3-4-6-16(12)25(30(2,28)29)11-14-8-7-13(9-15(14)20)17(26)10-24-18(27)19(21,22)23;1-11-5-3-4-6-15(11)25(29(2,26)27)10-13-8-7-12(9-14(13)19)16-23-24-17(28-16)18(20,21)22/h3-9H,10-11H2,1-2H3,(H,24,27);3-9H,10H2,1-2H3. The van der Waals surface area contributed by atoms with Gasteiger partial charge >= 0.3 is 24.2 Å². The fourth-order valence-electron chi connectivity index (χ4n) is 5.23. The van der Waals surface area contributed by atoms with Crippen molar-refractivity contribution in [1.82, 2.24) is 15.5 Å². The van der Waals surface area contributed by atoms with Crippen LogP contribution in [0.3, 0.4) is 0 Å². The second kappa shape index (κ2) is 17.9. The summed E-state index contributed by atoms with van der Waals surface area (Å²) in [5.74, 6) is -6.99. The highest BCUT2D eigenvalue weighted by Gasteiger charge is 2.39. The SMILES string of the molecule is Cc1ccccc1N(Cc1ccc(-c2nnc(C(F)(F)F)o2)cc1F)S(C)(=O)=O.Cc1ccccc1N(Cc1ccc(C(=O)CNC(=O)C(F)(F)F)cc1F)S(C)(=O)=O. The Labute approximate surface area is 332 Å². The van der Waals surface area contributed by atoms with Crippen molar-refractivity contribution in [2.45, 2.75) is 39.3 Å². The molecule has 0 spiro atoms. The molecule has 0 unspecified atom stereocenters. The van der Waals surface area contributed by atoms with Gasteiger partial charge in [0.1, 0.15) is 11.6 Å². The van der Waals surface area contributed by atoms with Crippen molar-refractivity contribution < 1.29 is 66.0 Å². The highest BCUT2D eigenvalue weighted by atomic mass is 32.2. The van der Waals surface area contributed by atoms with Crippen LogP contribution in [-0.2, 0) is 44.1 Å². The first kappa shape index (κ1) is 45.8. The van der Waals surface area contributed by atoms with Crippen LogP contribution < -0.4 is 13.9 Å². The molecule has 59 heavy (non-hydrogen) atoms. The maximum atomic E-state index is 14.6. The van der Waals surface area contributed by atoms with E-state index < -0.39 is 74.1 Å². The monoisotopic (exact) mass is 875 g/mol. The highest BCUT2D eigenvalue weighted by Crippen LogP contribution is 2.32. The van der Waals surface area contributed by atoms with E-state index in [1.807, 2.05) is 0 Å². The molecular formula is C37H33F8N5O7S2. The van der Waals surface area contributed by atoms with Gasteiger partial charge < -0.3 is 9.73 Å². The number of hydrogen-bond acceptors (Lipinski definition) is 9. The number of anilines is 2. The Balaban J connectivity index is 0.000000261. The second-order valence-electron chi connectivity index (χ2n) is 12.7. The molecule has 1 amide bonds. The largest absolute Gasteiger partial charge is 0.471 e. The number of aryl methyl sites for hydroxylation is 2. The lowest BCUT2D eigenvalue weighted by Gasteiger charge is -2.24. The second-order valence-corrected chi connectivity index (χ2v) is 16.6. The molecular weight excluding hydrogens is 843 g/mol. The number of hydrogen-bond donors (Lipinski definition) is 1. The number of ketones is 1. The number of sulfonamides is 2. The van der Waals surface area contributed by atoms with Crippen molar-refractivity contribution in [3.63, 3.8) is 0 Å². The Kier molecular flexibility index (Phi) is 13.9. The Bertz CT molecular complexity index is 2560. The summed E-state index contributed by atoms with van der Waals surface area (Å²) in [6.45, 7) is 1.81. The van der Waals surface area contributed by atoms with E-state index in [0.29, 0.717) is 22.5 Å². The molecule has 0 saturated heterocycles. The van der Waals surface area contributed by atoms with E-state index in [9.17, 15) is 61.5 Å². The maximum absolute atomic E-state index is 14.6. The number of nitrogens with zero attached hydrogens (tertiary/aromatic N) is 4. The third-order valence-electron chi connectivity index (χ3n) is 8.21. The average molecular weight is 876 g/mol. The summed E-state index contributed by atoms with van der Waals surface area (Å²) in [6, 6.07) is 19.9. The Morgan fingerprint density at radius 1 is 0.695 bits per heavy atom. The highest BCUT2D eigenvalue weighted by molar-refractivity contribution is 7.92. The fourth-order valence-corrected chi connectivity index (χ4v) is 7.10. The zero-order chi connectivity index (χ0) is 44.1. The van der Waals surface area contributed by atoms with Crippen LogP contribution in [0.25, 0.3) is 11.5 Å². The number of benzene rings is 4. The van der Waals surface area contributed by atoms with Crippen LogP contribution in [0.15, 0.2) is 89.3 Å². The first-order chi connectivity index (χ1) is 27.3. The van der Waals surface area contributed by atoms with Crippen molar-refractivity contribution >= 4 is 43.1 Å². The van der Waals surface area contributed by atoms with E-state index in [4.69, 9.17) is 0 Å². The number of aromatic nitrogens is 2. The molecule has 0 atom stereocenters. The van der Waals surface area contributed by atoms with Gasteiger partial charge in [-0.2, -0.15) is 26.3 Å². The summed E-state index contributed by atoms with van der Waals surface area (Å²) in [6.07, 6.45) is -7.98. The molecule has 5 aromatic rings. The van der Waals surface area contributed by atoms with Crippen LogP contribution in [-0.4, -0.2) is 64.0 Å². The quantitative estimate of drug-likeness (QED) is 0.102. The lowest BCUT2D eigenvalue weighted by Crippen LogP contribution is -2.39. The van der Waals surface area contributed by atoms with Crippen LogP contribution in [0, 0.1) is 25.5 Å². The molecule has 0 aliphatic heterocycles. The molecule has 1 aromatic heterocycles. The van der Waals surface area contributed by atoms with E-state index in [-0.39, 0.29) is 35.3 Å². The summed E-state index contributed by atoms with van der Waals surface area (Å²) in [5, 5.41) is 7.58. The van der Waals surface area contributed by atoms with Crippen molar-refractivity contribution in [3.05, 3.63) is 130 Å². The molecule has 0 fully saturated rings. The fraction of sp³-hybridized carbons (Fsp3) is 0.243. The molecule has 316 valence electrons. The minimum atomic E-state index is -5.14. The van der Waals surface area contributed by atoms with E-state index >= 15 is 0 Å². The smallest absolute Gasteiger partial charge is 0.413 e. The summed E-state index contributed by atoms with van der Waals surface area (Å²) in [7, 11) is -7.50. The van der Waals surface area contributed by atoms with E-state index in [2.05, 4.69) is 14.6 Å². The Hall–Kier alpha value is -5.90. The molecule has 0 aliphatic carbocycles. The number of amides is 1. The number of para-hydroxylation sites is 2. The van der Waals surface area contributed by atoms with Gasteiger partial charge in [-0.3, -0.25) is 18.2 Å². The van der Waals surface area contributed by atoms with Crippen LogP contribution >= 0.6 is 0 Å². The number of Topliss-reactive ketones (excluding diaryl/α,β-unsaturated/α-hetero) is 1. The van der Waals surface area contributed by atoms with Gasteiger partial charge in [-0.25, -0.2) is 25.6 Å². The van der Waals surface area contributed by atoms with Crippen LogP contribution in [0.1, 0.15) is 38.5 Å². The van der Waals surface area contributed by atoms with Gasteiger partial charge in [-0.05, 0) is 55.3 Å². The predicted octanol–water partition coefficient (Wildman–Crippen LogP) is 7.13. The third-order valence-corrected chi connectivity index (χ3v) is 10.5. The number of carbonyl (C=O) groups excluding carboxylic acids is 2. The average Bonchev–Trinajstić information content (AvgIpc) is 3.64. The van der Waals surface area contributed by atoms with Gasteiger partial charge in [-0.15, -0.1) is 10.2 Å². The molecule has 1 N–H and O–H groups in total. The molecule has 0 bridgehead atoms. The first-order valence-electron chi connectivity index (χ1n) is 16.7. The minimum Gasteiger partial charge on any atom is -0.413 e. The van der Waals surface area contributed by atoms with Gasteiger partial charge in [-0.1, -0.05) is 54.6 Å². The lowest BCUT2D eigenvalue weighted by atomic mass is 10.1. The molecule has 1 heterocycles. The Morgan fingerprint density at radius 3 is 1.58 bits per heavy atom.